The predicted molar refractivity (Wildman–Crippen MR) is 366 cm³/mol. The Bertz CT molecular complexity index is 3080. The first-order chi connectivity index (χ1) is 42.7. The van der Waals surface area contributed by atoms with E-state index in [1.165, 1.54) is 193 Å². The third kappa shape index (κ3) is 19.5. The van der Waals surface area contributed by atoms with Gasteiger partial charge in [-0.1, -0.05) is 231 Å². The van der Waals surface area contributed by atoms with Crippen molar-refractivity contribution in [2.24, 2.45) is 0 Å². The first-order valence-electron chi connectivity index (χ1n) is 34.1. The van der Waals surface area contributed by atoms with Crippen molar-refractivity contribution < 1.29 is 9.47 Å². The Morgan fingerprint density at radius 2 is 0.500 bits per heavy atom. The van der Waals surface area contributed by atoms with Gasteiger partial charge in [-0.25, -0.2) is 9.97 Å². The highest BCUT2D eigenvalue weighted by Gasteiger charge is 2.19. The van der Waals surface area contributed by atoms with Crippen LogP contribution in [0, 0.1) is 0 Å². The molecular formula is C78H100N6O2. The van der Waals surface area contributed by atoms with Crippen molar-refractivity contribution in [3.8, 4) is 56.0 Å². The summed E-state index contributed by atoms with van der Waals surface area (Å²) in [4.78, 5) is 27.6. The monoisotopic (exact) mass is 1150 g/mol. The molecule has 0 unspecified atom stereocenters. The van der Waals surface area contributed by atoms with Crippen LogP contribution in [0.3, 0.4) is 0 Å². The molecular weight excluding hydrogens is 1050 g/mol. The van der Waals surface area contributed by atoms with Gasteiger partial charge in [-0.2, -0.15) is 0 Å². The average Bonchev–Trinajstić information content (AvgIpc) is 2.06. The normalized spacial score (nSPS) is 11.9. The molecule has 0 saturated heterocycles. The van der Waals surface area contributed by atoms with Gasteiger partial charge in [0.15, 0.2) is 0 Å². The van der Waals surface area contributed by atoms with Gasteiger partial charge in [-0.15, -0.1) is 0 Å². The zero-order valence-corrected chi connectivity index (χ0v) is 52.5. The maximum atomic E-state index is 6.36. The van der Waals surface area contributed by atoms with Gasteiger partial charge in [-0.3, -0.25) is 9.97 Å². The van der Waals surface area contributed by atoms with E-state index in [-0.39, 0.29) is 0 Å². The van der Waals surface area contributed by atoms with E-state index < -0.39 is 0 Å². The zero-order chi connectivity index (χ0) is 59.1. The van der Waals surface area contributed by atoms with Gasteiger partial charge >= 0.3 is 0 Å². The molecule has 9 rings (SSSR count). The molecule has 7 aromatic rings. The standard InChI is InChI=1S/C78H100N6O2/c1-3-5-7-9-11-13-15-17-19-21-23-25-27-29-31-33-59-85-65-39-35-61(36-40-65)75-67-43-47-71(81-67)77(63-51-55-79-56-52-63)73-49-45-69(83-73)76(70-46-50-74(84-70)78(64-53-57-80-58-54-64)72-48-44-68(75)82-72)62-37-41-66(42-38-62)86-60-34-32-30-28-26-24-22-20-18-16-14-12-10-8-6-4-2/h35-58,81,84H,3-34,59-60H2,1-2H3. The fourth-order valence-corrected chi connectivity index (χ4v) is 12.6. The van der Waals surface area contributed by atoms with Crippen molar-refractivity contribution in [3.63, 3.8) is 0 Å². The van der Waals surface area contributed by atoms with E-state index in [1.807, 2.05) is 24.8 Å². The molecule has 8 heteroatoms. The third-order valence-corrected chi connectivity index (χ3v) is 17.5. The van der Waals surface area contributed by atoms with Crippen LogP contribution in [0.5, 0.6) is 11.5 Å². The summed E-state index contributed by atoms with van der Waals surface area (Å²) in [5.41, 5.74) is 15.4. The first-order valence-corrected chi connectivity index (χ1v) is 34.1. The highest BCUT2D eigenvalue weighted by Crippen LogP contribution is 2.39. The van der Waals surface area contributed by atoms with Gasteiger partial charge in [-0.05, 0) is 132 Å². The van der Waals surface area contributed by atoms with Crippen LogP contribution in [0.2, 0.25) is 0 Å². The van der Waals surface area contributed by atoms with Gasteiger partial charge in [0.05, 0.1) is 36.0 Å². The Labute approximate surface area is 516 Å². The minimum Gasteiger partial charge on any atom is -0.494 e. The Morgan fingerprint density at radius 3 is 0.756 bits per heavy atom. The van der Waals surface area contributed by atoms with Crippen LogP contribution in [0.15, 0.2) is 122 Å². The number of aromatic amines is 2. The Morgan fingerprint density at radius 1 is 0.267 bits per heavy atom. The highest BCUT2D eigenvalue weighted by molar-refractivity contribution is 5.99. The van der Waals surface area contributed by atoms with Crippen LogP contribution < -0.4 is 9.47 Å². The van der Waals surface area contributed by atoms with Crippen molar-refractivity contribution in [2.75, 3.05) is 13.2 Å². The fraction of sp³-hybridized carbons (Fsp3) is 0.462. The molecule has 8 bridgehead atoms. The maximum Gasteiger partial charge on any atom is 0.119 e. The Kier molecular flexibility index (Phi) is 26.7. The van der Waals surface area contributed by atoms with E-state index in [4.69, 9.17) is 19.4 Å². The summed E-state index contributed by atoms with van der Waals surface area (Å²) in [5.74, 6) is 1.77. The van der Waals surface area contributed by atoms with Gasteiger partial charge in [0, 0.05) is 69.1 Å². The summed E-state index contributed by atoms with van der Waals surface area (Å²) < 4.78 is 12.7. The molecule has 86 heavy (non-hydrogen) atoms. The molecule has 2 aliphatic heterocycles. The Balaban J connectivity index is 0.896. The number of hydrogen-bond acceptors (Lipinski definition) is 6. The second-order valence-corrected chi connectivity index (χ2v) is 24.3. The number of H-pyrrole nitrogens is 2. The minimum atomic E-state index is 0.724. The number of benzene rings is 2. The molecule has 0 fully saturated rings. The summed E-state index contributed by atoms with van der Waals surface area (Å²) >= 11 is 0. The number of hydrogen-bond donors (Lipinski definition) is 2. The number of aromatic nitrogens is 6. The predicted octanol–water partition coefficient (Wildman–Crippen LogP) is 23.4. The average molecular weight is 1150 g/mol. The van der Waals surface area contributed by atoms with E-state index in [0.29, 0.717) is 0 Å². The quantitative estimate of drug-likeness (QED) is 0.0371. The molecule has 0 spiro atoms. The Hall–Kier alpha value is -7.06. The highest BCUT2D eigenvalue weighted by atomic mass is 16.5. The topological polar surface area (TPSA) is 102 Å². The molecule has 5 aromatic heterocycles. The molecule has 0 amide bonds. The molecule has 2 aromatic carbocycles. The number of nitrogens with one attached hydrogen (secondary N) is 2. The van der Waals surface area contributed by atoms with Crippen LogP contribution in [0.4, 0.5) is 0 Å². The molecule has 454 valence electrons. The molecule has 0 aliphatic carbocycles. The summed E-state index contributed by atoms with van der Waals surface area (Å²) in [5, 5.41) is 0. The fourth-order valence-electron chi connectivity index (χ4n) is 12.6. The lowest BCUT2D eigenvalue weighted by molar-refractivity contribution is 0.304. The molecule has 0 atom stereocenters. The number of unbranched alkanes of at least 4 members (excludes halogenated alkanes) is 30. The van der Waals surface area contributed by atoms with Gasteiger partial charge < -0.3 is 19.4 Å². The van der Waals surface area contributed by atoms with Gasteiger partial charge in [0.25, 0.3) is 0 Å². The summed E-state index contributed by atoms with van der Waals surface area (Å²) in [6, 6.07) is 34.1. The smallest absolute Gasteiger partial charge is 0.119 e. The molecule has 8 nitrogen and oxygen atoms in total. The van der Waals surface area contributed by atoms with Crippen molar-refractivity contribution in [1.82, 2.24) is 29.9 Å². The number of pyridine rings is 2. The molecule has 7 heterocycles. The summed E-state index contributed by atoms with van der Waals surface area (Å²) in [7, 11) is 0. The minimum absolute atomic E-state index is 0.724. The van der Waals surface area contributed by atoms with E-state index >= 15 is 0 Å². The van der Waals surface area contributed by atoms with Crippen molar-refractivity contribution in [3.05, 3.63) is 145 Å². The number of rotatable bonds is 40. The van der Waals surface area contributed by atoms with Crippen molar-refractivity contribution >= 4 is 46.4 Å². The van der Waals surface area contributed by atoms with Crippen molar-refractivity contribution in [2.45, 2.75) is 219 Å². The lowest BCUT2D eigenvalue weighted by Gasteiger charge is -2.09. The second-order valence-electron chi connectivity index (χ2n) is 24.3. The van der Waals surface area contributed by atoms with Crippen LogP contribution in [0.1, 0.15) is 242 Å². The van der Waals surface area contributed by atoms with Crippen LogP contribution in [-0.2, 0) is 0 Å². The van der Waals surface area contributed by atoms with E-state index in [1.54, 1.807) is 0 Å². The van der Waals surface area contributed by atoms with E-state index in [2.05, 4.69) is 155 Å². The largest absolute Gasteiger partial charge is 0.494 e. The van der Waals surface area contributed by atoms with Crippen LogP contribution >= 0.6 is 0 Å². The van der Waals surface area contributed by atoms with Crippen LogP contribution in [-0.4, -0.2) is 43.1 Å². The number of ether oxygens (including phenoxy) is 2. The zero-order valence-electron chi connectivity index (χ0n) is 52.5. The van der Waals surface area contributed by atoms with E-state index in [9.17, 15) is 0 Å². The molecule has 0 radical (unpaired) electrons. The third-order valence-electron chi connectivity index (χ3n) is 17.5. The summed E-state index contributed by atoms with van der Waals surface area (Å²) in [6.07, 6.45) is 59.4. The lowest BCUT2D eigenvalue weighted by Crippen LogP contribution is -1.97. The first kappa shape index (κ1) is 63.4. The lowest BCUT2D eigenvalue weighted by atomic mass is 10.0. The summed E-state index contributed by atoms with van der Waals surface area (Å²) in [6.45, 7) is 6.04. The van der Waals surface area contributed by atoms with Gasteiger partial charge in [0.1, 0.15) is 11.5 Å². The second kappa shape index (κ2) is 36.2. The maximum absolute atomic E-state index is 6.36. The molecule has 2 aliphatic rings. The number of fused-ring (bicyclic) bond motifs is 8. The number of nitrogens with zero attached hydrogens (tertiary/aromatic N) is 4. The van der Waals surface area contributed by atoms with Gasteiger partial charge in [0.2, 0.25) is 0 Å². The SMILES string of the molecule is CCCCCCCCCCCCCCCCCCOc1ccc(-c2c3nc(c(-c4ccncc4)c4ccc([nH]4)c(-c4ccc(OCCCCCCCCCCCCCCCCCC)cc4)c4nc(c(-c5ccncc5)c5ccc2[nH]5)C=C4)C=C3)cc1. The van der Waals surface area contributed by atoms with Crippen LogP contribution in [0.25, 0.3) is 90.9 Å². The van der Waals surface area contributed by atoms with Crippen molar-refractivity contribution in [1.29, 1.82) is 0 Å². The molecule has 2 N–H and O–H groups in total. The van der Waals surface area contributed by atoms with E-state index in [0.717, 1.165) is 127 Å². The molecule has 0 saturated carbocycles.